The maximum absolute atomic E-state index is 9.00. The number of ether oxygens (including phenoxy) is 1. The second-order valence-corrected chi connectivity index (χ2v) is 7.83. The van der Waals surface area contributed by atoms with Crippen molar-refractivity contribution in [1.82, 2.24) is 19.4 Å². The number of nitrogens with one attached hydrogen (secondary N) is 1. The van der Waals surface area contributed by atoms with Gasteiger partial charge < -0.3 is 14.2 Å². The standard InChI is InChI=1S/C24H23N5O/c1-28(2)12-13-29-15-27-24-22(23(29)25)20(17-7-5-11-26-14-17)21-18-8-4-3-6-16(18)9-10-19(21)30-24/h3-11,14-15,20,25H,12-13H2,1-2H3. The SMILES string of the molecule is CN(C)CCn1cnc2c(c1=N)C(c1cccnc1)c1c(ccc3ccccc13)O2. The summed E-state index contributed by atoms with van der Waals surface area (Å²) < 4.78 is 8.11. The van der Waals surface area contributed by atoms with Gasteiger partial charge in [-0.15, -0.1) is 0 Å². The van der Waals surface area contributed by atoms with Gasteiger partial charge in [0.25, 0.3) is 0 Å². The number of hydrogen-bond donors (Lipinski definition) is 1. The third-order valence-electron chi connectivity index (χ3n) is 5.61. The fraction of sp³-hybridized carbons (Fsp3) is 0.208. The van der Waals surface area contributed by atoms with E-state index >= 15 is 0 Å². The number of likely N-dealkylation sites (N-methyl/N-ethyl adjacent to an activating group) is 1. The van der Waals surface area contributed by atoms with E-state index in [0.29, 0.717) is 17.9 Å². The van der Waals surface area contributed by atoms with Gasteiger partial charge in [0.15, 0.2) is 0 Å². The van der Waals surface area contributed by atoms with Crippen molar-refractivity contribution in [2.24, 2.45) is 0 Å². The molecule has 6 nitrogen and oxygen atoms in total. The van der Waals surface area contributed by atoms with E-state index in [1.807, 2.05) is 49.1 Å². The van der Waals surface area contributed by atoms with Crippen LogP contribution in [0.5, 0.6) is 11.6 Å². The average Bonchev–Trinajstić information content (AvgIpc) is 2.77. The summed E-state index contributed by atoms with van der Waals surface area (Å²) in [6.45, 7) is 1.52. The highest BCUT2D eigenvalue weighted by Crippen LogP contribution is 2.47. The van der Waals surface area contributed by atoms with Gasteiger partial charge in [-0.2, -0.15) is 0 Å². The van der Waals surface area contributed by atoms with Crippen molar-refractivity contribution >= 4 is 10.8 Å². The molecule has 0 radical (unpaired) electrons. The van der Waals surface area contributed by atoms with Gasteiger partial charge in [0, 0.05) is 37.0 Å². The van der Waals surface area contributed by atoms with Crippen molar-refractivity contribution in [3.8, 4) is 11.6 Å². The molecule has 0 aliphatic carbocycles. The largest absolute Gasteiger partial charge is 0.438 e. The molecule has 6 heteroatoms. The van der Waals surface area contributed by atoms with E-state index < -0.39 is 0 Å². The Morgan fingerprint density at radius 1 is 1.07 bits per heavy atom. The van der Waals surface area contributed by atoms with Gasteiger partial charge >= 0.3 is 0 Å². The number of hydrogen-bond acceptors (Lipinski definition) is 5. The number of rotatable bonds is 4. The first-order valence-electron chi connectivity index (χ1n) is 10.0. The fourth-order valence-corrected chi connectivity index (χ4v) is 4.12. The molecule has 1 atom stereocenters. The highest BCUT2D eigenvalue weighted by Gasteiger charge is 2.33. The molecular formula is C24H23N5O. The molecule has 0 saturated heterocycles. The van der Waals surface area contributed by atoms with Crippen molar-refractivity contribution in [3.63, 3.8) is 0 Å². The molecule has 0 fully saturated rings. The summed E-state index contributed by atoms with van der Waals surface area (Å²) in [5.74, 6) is 1.11. The average molecular weight is 397 g/mol. The maximum atomic E-state index is 9.00. The number of fused-ring (bicyclic) bond motifs is 4. The zero-order valence-electron chi connectivity index (χ0n) is 17.0. The van der Waals surface area contributed by atoms with Crippen LogP contribution in [0.15, 0.2) is 67.3 Å². The molecule has 0 saturated carbocycles. The second kappa shape index (κ2) is 7.39. The Hall–Kier alpha value is -3.51. The maximum Gasteiger partial charge on any atom is 0.228 e. The minimum atomic E-state index is -0.171. The predicted molar refractivity (Wildman–Crippen MR) is 116 cm³/mol. The van der Waals surface area contributed by atoms with E-state index in [1.54, 1.807) is 12.5 Å². The molecule has 1 aliphatic rings. The molecule has 0 bridgehead atoms. The van der Waals surface area contributed by atoms with Crippen molar-refractivity contribution in [2.45, 2.75) is 12.5 Å². The highest BCUT2D eigenvalue weighted by molar-refractivity contribution is 5.90. The van der Waals surface area contributed by atoms with E-state index in [9.17, 15) is 0 Å². The van der Waals surface area contributed by atoms with Crippen LogP contribution >= 0.6 is 0 Å². The summed E-state index contributed by atoms with van der Waals surface area (Å²) in [4.78, 5) is 11.1. The lowest BCUT2D eigenvalue weighted by atomic mass is 9.82. The quantitative estimate of drug-likeness (QED) is 0.501. The molecule has 1 unspecified atom stereocenters. The third kappa shape index (κ3) is 3.06. The molecule has 0 amide bonds. The molecule has 5 rings (SSSR count). The first kappa shape index (κ1) is 18.5. The summed E-state index contributed by atoms with van der Waals surface area (Å²) in [6, 6.07) is 16.4. The van der Waals surface area contributed by atoms with Gasteiger partial charge in [0.05, 0.1) is 5.56 Å². The molecule has 30 heavy (non-hydrogen) atoms. The van der Waals surface area contributed by atoms with E-state index in [2.05, 4.69) is 39.1 Å². The minimum absolute atomic E-state index is 0.171. The molecule has 3 heterocycles. The van der Waals surface area contributed by atoms with Gasteiger partial charge in [0.1, 0.15) is 17.6 Å². The smallest absolute Gasteiger partial charge is 0.228 e. The summed E-state index contributed by atoms with van der Waals surface area (Å²) in [6.07, 6.45) is 5.36. The molecule has 1 aliphatic heterocycles. The zero-order valence-corrected chi connectivity index (χ0v) is 17.0. The van der Waals surface area contributed by atoms with Crippen molar-refractivity contribution in [1.29, 1.82) is 5.41 Å². The van der Waals surface area contributed by atoms with E-state index in [1.165, 1.54) is 0 Å². The van der Waals surface area contributed by atoms with Crippen LogP contribution in [0.1, 0.15) is 22.6 Å². The Labute approximate surface area is 174 Å². The van der Waals surface area contributed by atoms with Gasteiger partial charge in [0.2, 0.25) is 5.88 Å². The van der Waals surface area contributed by atoms with Gasteiger partial charge in [-0.25, -0.2) is 4.98 Å². The van der Waals surface area contributed by atoms with E-state index in [4.69, 9.17) is 10.1 Å². The summed E-state index contributed by atoms with van der Waals surface area (Å²) >= 11 is 0. The summed E-state index contributed by atoms with van der Waals surface area (Å²) in [5.41, 5.74) is 3.30. The topological polar surface area (TPSA) is 67.0 Å². The van der Waals surface area contributed by atoms with Crippen molar-refractivity contribution in [2.75, 3.05) is 20.6 Å². The molecular weight excluding hydrogens is 374 g/mol. The lowest BCUT2D eigenvalue weighted by Crippen LogP contribution is -2.32. The van der Waals surface area contributed by atoms with E-state index in [-0.39, 0.29) is 5.92 Å². The molecule has 150 valence electrons. The Kier molecular flexibility index (Phi) is 4.56. The lowest BCUT2D eigenvalue weighted by Gasteiger charge is -2.29. The second-order valence-electron chi connectivity index (χ2n) is 7.83. The third-order valence-corrected chi connectivity index (χ3v) is 5.61. The van der Waals surface area contributed by atoms with Gasteiger partial charge in [-0.1, -0.05) is 36.4 Å². The van der Waals surface area contributed by atoms with Crippen LogP contribution in [0.3, 0.4) is 0 Å². The fourth-order valence-electron chi connectivity index (χ4n) is 4.12. The number of pyridine rings is 1. The van der Waals surface area contributed by atoms with Gasteiger partial charge in [-0.05, 0) is 42.6 Å². The van der Waals surface area contributed by atoms with Crippen LogP contribution in [-0.2, 0) is 6.54 Å². The Morgan fingerprint density at radius 3 is 2.73 bits per heavy atom. The molecule has 0 spiro atoms. The number of aromatic nitrogens is 3. The zero-order chi connectivity index (χ0) is 20.7. The number of benzene rings is 2. The molecule has 1 N–H and O–H groups in total. The monoisotopic (exact) mass is 397 g/mol. The Morgan fingerprint density at radius 2 is 1.93 bits per heavy atom. The van der Waals surface area contributed by atoms with Crippen LogP contribution in [0.4, 0.5) is 0 Å². The van der Waals surface area contributed by atoms with Gasteiger partial charge in [-0.3, -0.25) is 10.4 Å². The van der Waals surface area contributed by atoms with Crippen LogP contribution in [0, 0.1) is 5.41 Å². The summed E-state index contributed by atoms with van der Waals surface area (Å²) in [5, 5.41) is 11.3. The molecule has 4 aromatic rings. The summed E-state index contributed by atoms with van der Waals surface area (Å²) in [7, 11) is 4.06. The van der Waals surface area contributed by atoms with E-state index in [0.717, 1.165) is 39.8 Å². The first-order valence-corrected chi connectivity index (χ1v) is 10.0. The highest BCUT2D eigenvalue weighted by atomic mass is 16.5. The minimum Gasteiger partial charge on any atom is -0.438 e. The first-order chi connectivity index (χ1) is 14.6. The van der Waals surface area contributed by atoms with Crippen LogP contribution in [-0.4, -0.2) is 40.1 Å². The predicted octanol–water partition coefficient (Wildman–Crippen LogP) is 3.76. The Bertz CT molecular complexity index is 1280. The van der Waals surface area contributed by atoms with Crippen LogP contribution in [0.25, 0.3) is 10.8 Å². The normalized spacial score (nSPS) is 15.0. The van der Waals surface area contributed by atoms with Crippen molar-refractivity contribution < 1.29 is 4.74 Å². The Balaban J connectivity index is 1.78. The molecule has 2 aromatic heterocycles. The lowest BCUT2D eigenvalue weighted by molar-refractivity contribution is 0.371. The van der Waals surface area contributed by atoms with Crippen LogP contribution < -0.4 is 10.2 Å². The molecule has 2 aromatic carbocycles. The van der Waals surface area contributed by atoms with Crippen molar-refractivity contribution in [3.05, 3.63) is 89.4 Å². The van der Waals surface area contributed by atoms with Crippen LogP contribution in [0.2, 0.25) is 0 Å². The number of nitrogens with zero attached hydrogens (tertiary/aromatic N) is 4.